The summed E-state index contributed by atoms with van der Waals surface area (Å²) in [5.41, 5.74) is 2.34. The molecule has 2 saturated heterocycles. The van der Waals surface area contributed by atoms with Gasteiger partial charge in [0.25, 0.3) is 0 Å². The molecule has 138 valence electrons. The van der Waals surface area contributed by atoms with Gasteiger partial charge >= 0.3 is 5.97 Å². The van der Waals surface area contributed by atoms with Crippen molar-refractivity contribution in [2.24, 2.45) is 4.99 Å². The summed E-state index contributed by atoms with van der Waals surface area (Å²) in [5, 5.41) is 0. The SMILES string of the molecule is Cc1ccc(C2=NC(=C(N3CCOCC3)N3CCOCC3)C(=O)O2)cc1. The number of aliphatic imine (C=N–C) groups is 1. The average molecular weight is 357 g/mol. The number of benzene rings is 1. The number of hydrogen-bond acceptors (Lipinski definition) is 7. The van der Waals surface area contributed by atoms with Gasteiger partial charge in [0.05, 0.1) is 26.4 Å². The first kappa shape index (κ1) is 17.1. The second-order valence-corrected chi connectivity index (χ2v) is 6.54. The van der Waals surface area contributed by atoms with Gasteiger partial charge in [-0.2, -0.15) is 0 Å². The zero-order valence-electron chi connectivity index (χ0n) is 14.9. The van der Waals surface area contributed by atoms with Crippen LogP contribution >= 0.6 is 0 Å². The van der Waals surface area contributed by atoms with E-state index >= 15 is 0 Å². The van der Waals surface area contributed by atoms with E-state index in [4.69, 9.17) is 14.2 Å². The number of carbonyl (C=O) groups excluding carboxylic acids is 1. The van der Waals surface area contributed by atoms with Crippen molar-refractivity contribution >= 4 is 11.9 Å². The minimum Gasteiger partial charge on any atom is -0.402 e. The van der Waals surface area contributed by atoms with Gasteiger partial charge in [-0.15, -0.1) is 0 Å². The van der Waals surface area contributed by atoms with Crippen LogP contribution in [-0.2, 0) is 19.0 Å². The Morgan fingerprint density at radius 2 is 1.46 bits per heavy atom. The molecule has 3 heterocycles. The van der Waals surface area contributed by atoms with E-state index in [1.807, 2.05) is 31.2 Å². The van der Waals surface area contributed by atoms with Gasteiger partial charge < -0.3 is 24.0 Å². The molecule has 3 aliphatic rings. The van der Waals surface area contributed by atoms with Crippen LogP contribution in [0.25, 0.3) is 0 Å². The number of nitrogens with zero attached hydrogens (tertiary/aromatic N) is 3. The summed E-state index contributed by atoms with van der Waals surface area (Å²) in [6.07, 6.45) is 0. The fraction of sp³-hybridized carbons (Fsp3) is 0.474. The van der Waals surface area contributed by atoms with Gasteiger partial charge in [0, 0.05) is 31.7 Å². The molecule has 0 saturated carbocycles. The van der Waals surface area contributed by atoms with Crippen LogP contribution in [0.4, 0.5) is 0 Å². The zero-order valence-corrected chi connectivity index (χ0v) is 14.9. The smallest absolute Gasteiger partial charge is 0.367 e. The topological polar surface area (TPSA) is 63.6 Å². The number of ether oxygens (including phenoxy) is 3. The quantitative estimate of drug-likeness (QED) is 0.597. The number of hydrogen-bond donors (Lipinski definition) is 0. The molecule has 4 rings (SSSR count). The van der Waals surface area contributed by atoms with E-state index in [2.05, 4.69) is 14.8 Å². The van der Waals surface area contributed by atoms with Crippen molar-refractivity contribution in [1.82, 2.24) is 9.80 Å². The molecule has 2 fully saturated rings. The molecule has 1 aromatic carbocycles. The highest BCUT2D eigenvalue weighted by Gasteiger charge is 2.33. The third-order valence-electron chi connectivity index (χ3n) is 4.73. The molecular weight excluding hydrogens is 334 g/mol. The number of carbonyl (C=O) groups is 1. The van der Waals surface area contributed by atoms with Gasteiger partial charge in [0.1, 0.15) is 5.82 Å². The van der Waals surface area contributed by atoms with Crippen molar-refractivity contribution in [3.05, 3.63) is 46.9 Å². The first-order chi connectivity index (χ1) is 12.7. The molecule has 0 spiro atoms. The molecule has 0 unspecified atom stereocenters. The minimum absolute atomic E-state index is 0.365. The van der Waals surface area contributed by atoms with Gasteiger partial charge in [-0.3, -0.25) is 0 Å². The summed E-state index contributed by atoms with van der Waals surface area (Å²) < 4.78 is 16.4. The Labute approximate surface area is 152 Å². The standard InChI is InChI=1S/C19H23N3O4/c1-14-2-4-15(5-3-14)17-20-16(19(23)26-17)18(21-6-10-24-11-7-21)22-8-12-25-13-9-22/h2-5H,6-13H2,1H3. The highest BCUT2D eigenvalue weighted by Crippen LogP contribution is 2.25. The van der Waals surface area contributed by atoms with E-state index in [0.717, 1.165) is 43.1 Å². The number of esters is 1. The van der Waals surface area contributed by atoms with Crippen LogP contribution in [0.3, 0.4) is 0 Å². The molecule has 7 heteroatoms. The molecule has 0 atom stereocenters. The van der Waals surface area contributed by atoms with Crippen molar-refractivity contribution in [1.29, 1.82) is 0 Å². The molecule has 26 heavy (non-hydrogen) atoms. The maximum Gasteiger partial charge on any atom is 0.367 e. The molecule has 0 aliphatic carbocycles. The van der Waals surface area contributed by atoms with Crippen molar-refractivity contribution in [2.75, 3.05) is 52.6 Å². The summed E-state index contributed by atoms with van der Waals surface area (Å²) in [4.78, 5) is 21.6. The zero-order chi connectivity index (χ0) is 17.9. The Kier molecular flexibility index (Phi) is 4.90. The van der Waals surface area contributed by atoms with E-state index in [0.29, 0.717) is 38.0 Å². The van der Waals surface area contributed by atoms with Crippen molar-refractivity contribution < 1.29 is 19.0 Å². The van der Waals surface area contributed by atoms with Crippen molar-refractivity contribution in [3.8, 4) is 0 Å². The van der Waals surface area contributed by atoms with Crippen LogP contribution in [-0.4, -0.2) is 74.3 Å². The third-order valence-corrected chi connectivity index (χ3v) is 4.73. The van der Waals surface area contributed by atoms with Crippen molar-refractivity contribution in [3.63, 3.8) is 0 Å². The third kappa shape index (κ3) is 3.45. The van der Waals surface area contributed by atoms with Crippen LogP contribution in [0, 0.1) is 6.92 Å². The van der Waals surface area contributed by atoms with Gasteiger partial charge in [-0.1, -0.05) is 17.7 Å². The monoisotopic (exact) mass is 357 g/mol. The number of morpholine rings is 2. The van der Waals surface area contributed by atoms with Gasteiger partial charge in [0.2, 0.25) is 5.90 Å². The highest BCUT2D eigenvalue weighted by molar-refractivity contribution is 6.11. The van der Waals surface area contributed by atoms with Crippen LogP contribution in [0.2, 0.25) is 0 Å². The molecule has 0 aromatic heterocycles. The normalized spacial score (nSPS) is 20.9. The lowest BCUT2D eigenvalue weighted by Gasteiger charge is -2.39. The fourth-order valence-electron chi connectivity index (χ4n) is 3.32. The lowest BCUT2D eigenvalue weighted by atomic mass is 10.1. The minimum atomic E-state index is -0.395. The molecular formula is C19H23N3O4. The van der Waals surface area contributed by atoms with Gasteiger partial charge in [-0.05, 0) is 19.1 Å². The summed E-state index contributed by atoms with van der Waals surface area (Å²) >= 11 is 0. The second kappa shape index (κ2) is 7.47. The highest BCUT2D eigenvalue weighted by atomic mass is 16.6. The lowest BCUT2D eigenvalue weighted by molar-refractivity contribution is -0.130. The Morgan fingerprint density at radius 3 is 2.00 bits per heavy atom. The van der Waals surface area contributed by atoms with Crippen LogP contribution in [0.15, 0.2) is 40.8 Å². The molecule has 0 amide bonds. The van der Waals surface area contributed by atoms with Gasteiger partial charge in [0.15, 0.2) is 5.70 Å². The Hall–Kier alpha value is -2.38. The van der Waals surface area contributed by atoms with E-state index in [1.165, 1.54) is 0 Å². The number of cyclic esters (lactones) is 1. The average Bonchev–Trinajstić information content (AvgIpc) is 3.06. The molecule has 0 bridgehead atoms. The first-order valence-electron chi connectivity index (χ1n) is 9.00. The van der Waals surface area contributed by atoms with Crippen molar-refractivity contribution in [2.45, 2.75) is 6.92 Å². The first-order valence-corrected chi connectivity index (χ1v) is 9.00. The lowest BCUT2D eigenvalue weighted by Crippen LogP contribution is -2.46. The Balaban J connectivity index is 1.72. The summed E-state index contributed by atoms with van der Waals surface area (Å²) in [7, 11) is 0. The predicted molar refractivity (Wildman–Crippen MR) is 95.6 cm³/mol. The van der Waals surface area contributed by atoms with Crippen LogP contribution < -0.4 is 0 Å². The van der Waals surface area contributed by atoms with E-state index in [1.54, 1.807) is 0 Å². The molecule has 1 aromatic rings. The maximum atomic E-state index is 12.6. The largest absolute Gasteiger partial charge is 0.402 e. The van der Waals surface area contributed by atoms with E-state index in [-0.39, 0.29) is 0 Å². The second-order valence-electron chi connectivity index (χ2n) is 6.54. The summed E-state index contributed by atoms with van der Waals surface area (Å²) in [6, 6.07) is 7.82. The van der Waals surface area contributed by atoms with Gasteiger partial charge in [-0.25, -0.2) is 9.79 Å². The summed E-state index contributed by atoms with van der Waals surface area (Å²) in [5.74, 6) is 0.807. The fourth-order valence-corrected chi connectivity index (χ4v) is 3.32. The van der Waals surface area contributed by atoms with Crippen LogP contribution in [0.1, 0.15) is 11.1 Å². The summed E-state index contributed by atoms with van der Waals surface area (Å²) in [6.45, 7) is 7.53. The Bertz CT molecular complexity index is 710. The maximum absolute atomic E-state index is 12.6. The number of aryl methyl sites for hydroxylation is 1. The van der Waals surface area contributed by atoms with Crippen LogP contribution in [0.5, 0.6) is 0 Å². The van der Waals surface area contributed by atoms with E-state index in [9.17, 15) is 4.79 Å². The molecule has 7 nitrogen and oxygen atoms in total. The molecule has 0 radical (unpaired) electrons. The molecule has 0 N–H and O–H groups in total. The van der Waals surface area contributed by atoms with E-state index < -0.39 is 5.97 Å². The predicted octanol–water partition coefficient (Wildman–Crippen LogP) is 1.13. The Morgan fingerprint density at radius 1 is 0.923 bits per heavy atom. The molecule has 3 aliphatic heterocycles. The number of rotatable bonds is 3.